The summed E-state index contributed by atoms with van der Waals surface area (Å²) in [6.45, 7) is 1.77. The SMILES string of the molecule is CSCC(O)CC1CCOCC1. The minimum Gasteiger partial charge on any atom is -0.392 e. The molecule has 0 aliphatic carbocycles. The molecule has 0 aromatic rings. The lowest BCUT2D eigenvalue weighted by atomic mass is 9.94. The van der Waals surface area contributed by atoms with Crippen LogP contribution in [-0.4, -0.2) is 36.4 Å². The summed E-state index contributed by atoms with van der Waals surface area (Å²) >= 11 is 1.72. The normalized spacial score (nSPS) is 22.5. The average Bonchev–Trinajstić information content (AvgIpc) is 2.06. The summed E-state index contributed by atoms with van der Waals surface area (Å²) in [6.07, 6.45) is 5.15. The van der Waals surface area contributed by atoms with Crippen LogP contribution >= 0.6 is 11.8 Å². The first-order valence-corrected chi connectivity index (χ1v) is 5.97. The molecular formula is C9H18O2S. The lowest BCUT2D eigenvalue weighted by molar-refractivity contribution is 0.0478. The molecular weight excluding hydrogens is 172 g/mol. The Morgan fingerprint density at radius 1 is 1.50 bits per heavy atom. The topological polar surface area (TPSA) is 29.5 Å². The van der Waals surface area contributed by atoms with E-state index in [1.165, 1.54) is 0 Å². The maximum atomic E-state index is 9.54. The molecule has 72 valence electrons. The molecule has 1 heterocycles. The van der Waals surface area contributed by atoms with Crippen molar-refractivity contribution in [3.63, 3.8) is 0 Å². The predicted octanol–water partition coefficient (Wildman–Crippen LogP) is 1.53. The first-order chi connectivity index (χ1) is 5.83. The maximum absolute atomic E-state index is 9.54. The van der Waals surface area contributed by atoms with Crippen molar-refractivity contribution in [2.45, 2.75) is 25.4 Å². The summed E-state index contributed by atoms with van der Waals surface area (Å²) in [5.41, 5.74) is 0. The van der Waals surface area contributed by atoms with Gasteiger partial charge in [0.1, 0.15) is 0 Å². The Kier molecular flexibility index (Phi) is 5.04. The monoisotopic (exact) mass is 190 g/mol. The van der Waals surface area contributed by atoms with Crippen LogP contribution in [0.2, 0.25) is 0 Å². The van der Waals surface area contributed by atoms with Gasteiger partial charge in [0.05, 0.1) is 6.10 Å². The van der Waals surface area contributed by atoms with Crippen molar-refractivity contribution < 1.29 is 9.84 Å². The van der Waals surface area contributed by atoms with E-state index >= 15 is 0 Å². The largest absolute Gasteiger partial charge is 0.392 e. The summed E-state index contributed by atoms with van der Waals surface area (Å²) in [4.78, 5) is 0. The molecule has 1 unspecified atom stereocenters. The van der Waals surface area contributed by atoms with E-state index in [2.05, 4.69) is 0 Å². The van der Waals surface area contributed by atoms with E-state index in [0.717, 1.165) is 38.2 Å². The van der Waals surface area contributed by atoms with Gasteiger partial charge in [0.15, 0.2) is 0 Å². The van der Waals surface area contributed by atoms with Gasteiger partial charge in [-0.15, -0.1) is 0 Å². The van der Waals surface area contributed by atoms with Crippen LogP contribution in [0.5, 0.6) is 0 Å². The van der Waals surface area contributed by atoms with Crippen LogP contribution < -0.4 is 0 Å². The van der Waals surface area contributed by atoms with Crippen molar-refractivity contribution in [2.24, 2.45) is 5.92 Å². The van der Waals surface area contributed by atoms with Crippen LogP contribution in [-0.2, 0) is 4.74 Å². The van der Waals surface area contributed by atoms with Crippen LogP contribution in [0.4, 0.5) is 0 Å². The highest BCUT2D eigenvalue weighted by molar-refractivity contribution is 7.98. The molecule has 0 amide bonds. The Balaban J connectivity index is 2.11. The molecule has 0 radical (unpaired) electrons. The molecule has 1 rings (SSSR count). The lowest BCUT2D eigenvalue weighted by Crippen LogP contribution is -2.22. The molecule has 1 aliphatic heterocycles. The van der Waals surface area contributed by atoms with E-state index in [0.29, 0.717) is 5.92 Å². The zero-order valence-electron chi connectivity index (χ0n) is 7.66. The summed E-state index contributed by atoms with van der Waals surface area (Å²) in [7, 11) is 0. The number of aliphatic hydroxyl groups is 1. The quantitative estimate of drug-likeness (QED) is 0.729. The average molecular weight is 190 g/mol. The third-order valence-corrected chi connectivity index (χ3v) is 3.02. The van der Waals surface area contributed by atoms with Crippen LogP contribution in [0.25, 0.3) is 0 Å². The van der Waals surface area contributed by atoms with Gasteiger partial charge in [0, 0.05) is 19.0 Å². The molecule has 1 saturated heterocycles. The molecule has 12 heavy (non-hydrogen) atoms. The molecule has 1 N–H and O–H groups in total. The molecule has 0 saturated carbocycles. The standard InChI is InChI=1S/C9H18O2S/c1-12-7-9(10)6-8-2-4-11-5-3-8/h8-10H,2-7H2,1H3. The van der Waals surface area contributed by atoms with E-state index in [4.69, 9.17) is 4.74 Å². The highest BCUT2D eigenvalue weighted by atomic mass is 32.2. The minimum absolute atomic E-state index is 0.108. The Hall–Kier alpha value is 0.270. The van der Waals surface area contributed by atoms with Crippen LogP contribution in [0.1, 0.15) is 19.3 Å². The van der Waals surface area contributed by atoms with Crippen LogP contribution in [0.15, 0.2) is 0 Å². The van der Waals surface area contributed by atoms with Crippen molar-refractivity contribution >= 4 is 11.8 Å². The van der Waals surface area contributed by atoms with Gasteiger partial charge < -0.3 is 9.84 Å². The number of hydrogen-bond donors (Lipinski definition) is 1. The maximum Gasteiger partial charge on any atom is 0.0633 e. The highest BCUT2D eigenvalue weighted by Crippen LogP contribution is 2.20. The number of rotatable bonds is 4. The molecule has 0 bridgehead atoms. The van der Waals surface area contributed by atoms with E-state index in [9.17, 15) is 5.11 Å². The molecule has 1 aliphatic rings. The van der Waals surface area contributed by atoms with Crippen LogP contribution in [0.3, 0.4) is 0 Å². The van der Waals surface area contributed by atoms with Crippen molar-refractivity contribution in [1.82, 2.24) is 0 Å². The lowest BCUT2D eigenvalue weighted by Gasteiger charge is -2.23. The van der Waals surface area contributed by atoms with Crippen molar-refractivity contribution in [1.29, 1.82) is 0 Å². The third-order valence-electron chi connectivity index (χ3n) is 2.31. The second-order valence-electron chi connectivity index (χ2n) is 3.40. The zero-order valence-corrected chi connectivity index (χ0v) is 8.48. The number of hydrogen-bond acceptors (Lipinski definition) is 3. The van der Waals surface area contributed by atoms with Gasteiger partial charge in [-0.3, -0.25) is 0 Å². The minimum atomic E-state index is -0.108. The fourth-order valence-electron chi connectivity index (χ4n) is 1.63. The Morgan fingerprint density at radius 2 is 2.17 bits per heavy atom. The Labute approximate surface area is 78.7 Å². The van der Waals surface area contributed by atoms with Crippen molar-refractivity contribution in [3.05, 3.63) is 0 Å². The van der Waals surface area contributed by atoms with Gasteiger partial charge in [-0.05, 0) is 31.4 Å². The summed E-state index contributed by atoms with van der Waals surface area (Å²) < 4.78 is 5.25. The van der Waals surface area contributed by atoms with E-state index in [1.807, 2.05) is 6.26 Å². The van der Waals surface area contributed by atoms with Crippen molar-refractivity contribution in [2.75, 3.05) is 25.2 Å². The Bertz CT molecular complexity index is 113. The van der Waals surface area contributed by atoms with Crippen LogP contribution in [0, 0.1) is 5.92 Å². The molecule has 0 aromatic heterocycles. The van der Waals surface area contributed by atoms with Gasteiger partial charge >= 0.3 is 0 Å². The third kappa shape index (κ3) is 3.78. The summed E-state index contributed by atoms with van der Waals surface area (Å²) in [5.74, 6) is 1.57. The van der Waals surface area contributed by atoms with E-state index in [-0.39, 0.29) is 6.10 Å². The van der Waals surface area contributed by atoms with Gasteiger partial charge in [-0.2, -0.15) is 11.8 Å². The molecule has 0 spiro atoms. The van der Waals surface area contributed by atoms with E-state index in [1.54, 1.807) is 11.8 Å². The zero-order chi connectivity index (χ0) is 8.81. The highest BCUT2D eigenvalue weighted by Gasteiger charge is 2.17. The Morgan fingerprint density at radius 3 is 2.75 bits per heavy atom. The van der Waals surface area contributed by atoms with Gasteiger partial charge in [-0.25, -0.2) is 0 Å². The number of ether oxygens (including phenoxy) is 1. The molecule has 2 nitrogen and oxygen atoms in total. The van der Waals surface area contributed by atoms with E-state index < -0.39 is 0 Å². The second kappa shape index (κ2) is 5.84. The molecule has 1 fully saturated rings. The number of thioether (sulfide) groups is 1. The molecule has 1 atom stereocenters. The predicted molar refractivity (Wildman–Crippen MR) is 52.5 cm³/mol. The summed E-state index contributed by atoms with van der Waals surface area (Å²) in [6, 6.07) is 0. The first-order valence-electron chi connectivity index (χ1n) is 4.57. The fraction of sp³-hybridized carbons (Fsp3) is 1.00. The second-order valence-corrected chi connectivity index (χ2v) is 4.31. The smallest absolute Gasteiger partial charge is 0.0633 e. The van der Waals surface area contributed by atoms with Gasteiger partial charge in [0.25, 0.3) is 0 Å². The van der Waals surface area contributed by atoms with Gasteiger partial charge in [0.2, 0.25) is 0 Å². The van der Waals surface area contributed by atoms with Crippen molar-refractivity contribution in [3.8, 4) is 0 Å². The summed E-state index contributed by atoms with van der Waals surface area (Å²) in [5, 5.41) is 9.54. The number of aliphatic hydroxyl groups excluding tert-OH is 1. The fourth-order valence-corrected chi connectivity index (χ4v) is 2.15. The first kappa shape index (κ1) is 10.4. The molecule has 0 aromatic carbocycles. The molecule has 3 heteroatoms. The van der Waals surface area contributed by atoms with Gasteiger partial charge in [-0.1, -0.05) is 0 Å².